The molecule has 0 unspecified atom stereocenters. The third-order valence-corrected chi connectivity index (χ3v) is 0.372. The quantitative estimate of drug-likeness (QED) is 0.400. The zero-order valence-corrected chi connectivity index (χ0v) is 9.54. The van der Waals surface area contributed by atoms with Gasteiger partial charge in [-0.25, -0.2) is 0 Å². The van der Waals surface area contributed by atoms with Crippen LogP contribution in [0.2, 0.25) is 0 Å². The van der Waals surface area contributed by atoms with Gasteiger partial charge in [-0.05, 0) is 0 Å². The second kappa shape index (κ2) is 7.02. The fourth-order valence-corrected chi connectivity index (χ4v) is 0.192. The van der Waals surface area contributed by atoms with Gasteiger partial charge in [0.1, 0.15) is 0 Å². The van der Waals surface area contributed by atoms with Crippen LogP contribution in [0, 0.1) is 7.43 Å². The number of nitrogens with zero attached hydrogens (tertiary/aromatic N) is 2. The van der Waals surface area contributed by atoms with E-state index in [4.69, 9.17) is 0 Å². The Morgan fingerprint density at radius 1 is 1.43 bits per heavy atom. The first-order valence-corrected chi connectivity index (χ1v) is 1.37. The summed E-state index contributed by atoms with van der Waals surface area (Å²) in [7, 11) is 0. The minimum Gasteiger partial charge on any atom is -0.450 e. The number of imidazole rings is 1. The van der Waals surface area contributed by atoms with Crippen LogP contribution in [0.1, 0.15) is 0 Å². The van der Waals surface area contributed by atoms with Gasteiger partial charge in [0.15, 0.2) is 0 Å². The van der Waals surface area contributed by atoms with Crippen LogP contribution in [-0.2, 0) is 0 Å². The van der Waals surface area contributed by atoms with Crippen molar-refractivity contribution in [2.45, 2.75) is 0 Å². The van der Waals surface area contributed by atoms with Gasteiger partial charge in [-0.15, -0.1) is 0 Å². The van der Waals surface area contributed by atoms with E-state index in [2.05, 4.69) is 9.97 Å². The third-order valence-electron chi connectivity index (χ3n) is 0.372. The van der Waals surface area contributed by atoms with E-state index in [1.807, 2.05) is 0 Å². The predicted octanol–water partition coefficient (Wildman–Crippen LogP) is -2.51. The van der Waals surface area contributed by atoms with Crippen molar-refractivity contribution in [2.24, 2.45) is 0 Å². The minimum absolute atomic E-state index is 0. The number of hydrogen-bond acceptors (Lipinski definition) is 1. The monoisotopic (exact) mass is 167 g/mol. The van der Waals surface area contributed by atoms with Crippen molar-refractivity contribution in [2.75, 3.05) is 0 Å². The van der Waals surface area contributed by atoms with Crippen LogP contribution in [0.3, 0.4) is 0 Å². The van der Waals surface area contributed by atoms with Crippen LogP contribution in [0.25, 0.3) is 0 Å². The van der Waals surface area contributed by atoms with E-state index in [1.165, 1.54) is 6.33 Å². The molecule has 0 radical (unpaired) electrons. The van der Waals surface area contributed by atoms with Crippen molar-refractivity contribution in [1.29, 1.82) is 0 Å². The zero-order valence-electron chi connectivity index (χ0n) is 4.63. The Hall–Kier alpha value is 1.02. The largest absolute Gasteiger partial charge is 1.00 e. The Morgan fingerprint density at radius 3 is 2.29 bits per heavy atom. The van der Waals surface area contributed by atoms with Crippen LogP contribution < -0.4 is 63.2 Å². The summed E-state index contributed by atoms with van der Waals surface area (Å²) in [5, 5.41) is 0. The van der Waals surface area contributed by atoms with Crippen molar-refractivity contribution >= 4 is 0 Å². The summed E-state index contributed by atoms with van der Waals surface area (Å²) in [6.45, 7) is 0. The van der Waals surface area contributed by atoms with E-state index in [1.54, 1.807) is 12.4 Å². The van der Waals surface area contributed by atoms with Gasteiger partial charge in [-0.3, -0.25) is 0 Å². The maximum absolute atomic E-state index is 3.61. The maximum atomic E-state index is 3.61. The van der Waals surface area contributed by atoms with Gasteiger partial charge in [0, 0.05) is 0 Å². The Kier molecular flexibility index (Phi) is 10.9. The summed E-state index contributed by atoms with van der Waals surface area (Å²) in [6, 6.07) is 0. The molecular weight excluding hydrogens is 162 g/mol. The Labute approximate surface area is 92.5 Å². The molecule has 7 heavy (non-hydrogen) atoms. The molecule has 0 atom stereocenters. The van der Waals surface area contributed by atoms with Gasteiger partial charge in [0.2, 0.25) is 0 Å². The second-order valence-corrected chi connectivity index (χ2v) is 0.712. The predicted molar refractivity (Wildman–Crippen MR) is 24.0 cm³/mol. The van der Waals surface area contributed by atoms with Crippen molar-refractivity contribution in [3.8, 4) is 0 Å². The molecule has 0 amide bonds. The van der Waals surface area contributed by atoms with Crippen molar-refractivity contribution in [3.05, 3.63) is 26.1 Å². The number of rotatable bonds is 0. The first-order valence-electron chi connectivity index (χ1n) is 1.37. The Balaban J connectivity index is 0. The van der Waals surface area contributed by atoms with Gasteiger partial charge in [-0.2, -0.15) is 0 Å². The van der Waals surface area contributed by atoms with E-state index in [9.17, 15) is 0 Å². The number of hydrogen-bond donors (Lipinski definition) is 0. The summed E-state index contributed by atoms with van der Waals surface area (Å²) in [5.74, 6) is 0. The molecule has 0 saturated carbocycles. The summed E-state index contributed by atoms with van der Waals surface area (Å²) in [5.41, 5.74) is 0. The Morgan fingerprint density at radius 2 is 2.14 bits per heavy atom. The molecule has 34 valence electrons. The molecule has 3 heteroatoms. The summed E-state index contributed by atoms with van der Waals surface area (Å²) in [4.78, 5) is 7.22. The summed E-state index contributed by atoms with van der Waals surface area (Å²) in [6.07, 6.45) is 4.78. The number of aromatic nitrogens is 2. The molecule has 1 aromatic rings. The van der Waals surface area contributed by atoms with E-state index in [-0.39, 0.29) is 65.6 Å². The van der Waals surface area contributed by atoms with Crippen molar-refractivity contribution in [3.63, 3.8) is 0 Å². The van der Waals surface area contributed by atoms with Crippen LogP contribution in [0.4, 0.5) is 0 Å². The molecule has 1 heterocycles. The van der Waals surface area contributed by atoms with Gasteiger partial charge < -0.3 is 17.4 Å². The van der Waals surface area contributed by atoms with Gasteiger partial charge in [0.05, 0.1) is 0 Å². The molecule has 0 spiro atoms. The van der Waals surface area contributed by atoms with Gasteiger partial charge in [-0.1, -0.05) is 18.7 Å². The van der Waals surface area contributed by atoms with E-state index in [0.717, 1.165) is 0 Å². The molecule has 0 N–H and O–H groups in total. The molecule has 0 bridgehead atoms. The second-order valence-electron chi connectivity index (χ2n) is 0.712. The normalized spacial score (nSPS) is 5.71. The smallest absolute Gasteiger partial charge is 0.450 e. The zero-order chi connectivity index (χ0) is 3.54. The Bertz CT molecular complexity index is 66.2. The standard InChI is InChI=1S/C3H3N2.CH3.Rb/c1-2-5-3-4-1;;/h1-3H;1H3;/q2*-1;+1. The summed E-state index contributed by atoms with van der Waals surface area (Å²) >= 11 is 0. The molecular formula is C4H6N2Rb-. The molecule has 1 rings (SSSR count). The molecule has 0 fully saturated rings. The van der Waals surface area contributed by atoms with Gasteiger partial charge >= 0.3 is 58.2 Å². The van der Waals surface area contributed by atoms with Crippen molar-refractivity contribution in [1.82, 2.24) is 9.97 Å². The first-order chi connectivity index (χ1) is 2.50. The first kappa shape index (κ1) is 10.9. The summed E-state index contributed by atoms with van der Waals surface area (Å²) < 4.78 is 0. The molecule has 0 aromatic carbocycles. The van der Waals surface area contributed by atoms with Gasteiger partial charge in [0.25, 0.3) is 0 Å². The van der Waals surface area contributed by atoms with E-state index >= 15 is 0 Å². The van der Waals surface area contributed by atoms with Crippen molar-refractivity contribution < 1.29 is 58.2 Å². The van der Waals surface area contributed by atoms with Crippen LogP contribution in [-0.4, -0.2) is 4.98 Å². The molecule has 0 aliphatic carbocycles. The van der Waals surface area contributed by atoms with E-state index < -0.39 is 0 Å². The molecule has 1 aromatic heterocycles. The molecule has 0 saturated heterocycles. The minimum atomic E-state index is 0. The maximum Gasteiger partial charge on any atom is 1.00 e. The molecule has 0 aliphatic rings. The average molecular weight is 168 g/mol. The third kappa shape index (κ3) is 4.88. The molecule has 0 aliphatic heterocycles. The van der Waals surface area contributed by atoms with E-state index in [0.29, 0.717) is 0 Å². The SMILES string of the molecule is [CH3-].[Rb+].c1c[n-]cn1. The molecule has 2 nitrogen and oxygen atoms in total. The fourth-order valence-electron chi connectivity index (χ4n) is 0.192. The fraction of sp³-hybridized carbons (Fsp3) is 0. The van der Waals surface area contributed by atoms with Crippen LogP contribution in [0.15, 0.2) is 18.7 Å². The topological polar surface area (TPSA) is 27.0 Å². The average Bonchev–Trinajstić information content (AvgIpc) is 1.76. The van der Waals surface area contributed by atoms with Crippen LogP contribution in [0.5, 0.6) is 0 Å². The van der Waals surface area contributed by atoms with Crippen LogP contribution >= 0.6 is 0 Å².